The Morgan fingerprint density at radius 2 is 1.94 bits per heavy atom. The van der Waals surface area contributed by atoms with Gasteiger partial charge in [-0.25, -0.2) is 8.42 Å². The largest absolute Gasteiger partial charge is 0.395 e. The molecule has 5 nitrogen and oxygen atoms in total. The third-order valence-electron chi connectivity index (χ3n) is 3.20. The topological polar surface area (TPSA) is 66.8 Å². The zero-order valence-corrected chi connectivity index (χ0v) is 12.2. The maximum absolute atomic E-state index is 12.2. The summed E-state index contributed by atoms with van der Waals surface area (Å²) in [6, 6.07) is 0.0706. The molecule has 0 radical (unpaired) electrons. The molecule has 0 saturated heterocycles. The molecule has 0 unspecified atom stereocenters. The second kappa shape index (κ2) is 7.43. The van der Waals surface area contributed by atoms with Gasteiger partial charge >= 0.3 is 0 Å². The minimum absolute atomic E-state index is 0.00167. The molecule has 108 valence electrons. The number of nitrogens with zero attached hydrogens (tertiary/aromatic N) is 1. The van der Waals surface area contributed by atoms with E-state index in [1.807, 2.05) is 13.8 Å². The molecule has 1 fully saturated rings. The zero-order chi connectivity index (χ0) is 13.6. The Bertz CT molecular complexity index is 323. The number of hydrogen-bond donors (Lipinski definition) is 1. The van der Waals surface area contributed by atoms with Crippen molar-refractivity contribution in [1.29, 1.82) is 0 Å². The highest BCUT2D eigenvalue weighted by molar-refractivity contribution is 7.89. The van der Waals surface area contributed by atoms with E-state index >= 15 is 0 Å². The molecule has 1 rings (SSSR count). The second-order valence-electron chi connectivity index (χ2n) is 5.01. The van der Waals surface area contributed by atoms with Crippen LogP contribution in [0.4, 0.5) is 0 Å². The van der Waals surface area contributed by atoms with Crippen molar-refractivity contribution >= 4 is 10.0 Å². The Morgan fingerprint density at radius 1 is 1.33 bits per heavy atom. The summed E-state index contributed by atoms with van der Waals surface area (Å²) in [4.78, 5) is 0. The first-order chi connectivity index (χ1) is 8.47. The first kappa shape index (κ1) is 15.9. The second-order valence-corrected chi connectivity index (χ2v) is 7.05. The Balaban J connectivity index is 2.58. The minimum Gasteiger partial charge on any atom is -0.395 e. The summed E-state index contributed by atoms with van der Waals surface area (Å²) in [5, 5.41) is 9.04. The van der Waals surface area contributed by atoms with Crippen molar-refractivity contribution in [3.05, 3.63) is 0 Å². The first-order valence-corrected chi connectivity index (χ1v) is 8.30. The van der Waals surface area contributed by atoms with E-state index in [4.69, 9.17) is 9.84 Å². The summed E-state index contributed by atoms with van der Waals surface area (Å²) in [6.45, 7) is 4.06. The van der Waals surface area contributed by atoms with E-state index in [0.717, 1.165) is 25.7 Å². The molecule has 0 amide bonds. The van der Waals surface area contributed by atoms with Crippen LogP contribution < -0.4 is 0 Å². The normalized spacial score (nSPS) is 18.1. The molecule has 18 heavy (non-hydrogen) atoms. The molecule has 0 aromatic carbocycles. The average Bonchev–Trinajstić information content (AvgIpc) is 2.77. The number of ether oxygens (including phenoxy) is 1. The molecular weight excluding hydrogens is 254 g/mol. The van der Waals surface area contributed by atoms with E-state index in [1.54, 1.807) is 0 Å². The number of aliphatic hydroxyl groups excluding tert-OH is 1. The van der Waals surface area contributed by atoms with Gasteiger partial charge in [-0.1, -0.05) is 12.8 Å². The van der Waals surface area contributed by atoms with Gasteiger partial charge in [0.05, 0.1) is 25.1 Å². The first-order valence-electron chi connectivity index (χ1n) is 6.69. The summed E-state index contributed by atoms with van der Waals surface area (Å²) in [6.07, 6.45) is 4.00. The summed E-state index contributed by atoms with van der Waals surface area (Å²) >= 11 is 0. The van der Waals surface area contributed by atoms with Gasteiger partial charge in [-0.05, 0) is 26.7 Å². The number of sulfonamides is 1. The third kappa shape index (κ3) is 4.84. The number of aliphatic hydroxyl groups is 1. The van der Waals surface area contributed by atoms with Crippen molar-refractivity contribution in [3.63, 3.8) is 0 Å². The Morgan fingerprint density at radius 3 is 2.44 bits per heavy atom. The molecule has 0 aliphatic heterocycles. The van der Waals surface area contributed by atoms with Crippen LogP contribution in [0.1, 0.15) is 39.5 Å². The highest BCUT2D eigenvalue weighted by Gasteiger charge is 2.31. The standard InChI is InChI=1S/C12H25NO4S/c1-11(2)17-9-10-18(15,16)13(7-8-14)12-5-3-4-6-12/h11-12,14H,3-10H2,1-2H3. The zero-order valence-electron chi connectivity index (χ0n) is 11.3. The lowest BCUT2D eigenvalue weighted by molar-refractivity contribution is 0.0903. The van der Waals surface area contributed by atoms with E-state index in [-0.39, 0.29) is 37.7 Å². The maximum atomic E-state index is 12.2. The molecule has 0 spiro atoms. The van der Waals surface area contributed by atoms with Crippen LogP contribution in [0.2, 0.25) is 0 Å². The van der Waals surface area contributed by atoms with Crippen molar-refractivity contribution in [2.45, 2.75) is 51.7 Å². The van der Waals surface area contributed by atoms with Crippen molar-refractivity contribution in [3.8, 4) is 0 Å². The predicted octanol–water partition coefficient (Wildman–Crippen LogP) is 0.978. The van der Waals surface area contributed by atoms with Crippen molar-refractivity contribution in [2.75, 3.05) is 25.5 Å². The van der Waals surface area contributed by atoms with Gasteiger partial charge in [0.1, 0.15) is 0 Å². The summed E-state index contributed by atoms with van der Waals surface area (Å²) in [5.41, 5.74) is 0. The molecule has 1 aliphatic carbocycles. The minimum atomic E-state index is -3.32. The van der Waals surface area contributed by atoms with Gasteiger partial charge in [0, 0.05) is 12.6 Å². The highest BCUT2D eigenvalue weighted by Crippen LogP contribution is 2.25. The summed E-state index contributed by atoms with van der Waals surface area (Å²) < 4.78 is 31.2. The number of rotatable bonds is 8. The van der Waals surface area contributed by atoms with Gasteiger partial charge in [-0.15, -0.1) is 0 Å². The highest BCUT2D eigenvalue weighted by atomic mass is 32.2. The molecule has 0 heterocycles. The molecule has 1 aliphatic rings. The molecule has 0 bridgehead atoms. The lowest BCUT2D eigenvalue weighted by Crippen LogP contribution is -2.42. The van der Waals surface area contributed by atoms with E-state index in [0.29, 0.717) is 0 Å². The molecule has 0 atom stereocenters. The molecule has 0 aromatic heterocycles. The lowest BCUT2D eigenvalue weighted by Gasteiger charge is -2.27. The average molecular weight is 279 g/mol. The van der Waals surface area contributed by atoms with E-state index in [1.165, 1.54) is 4.31 Å². The molecule has 6 heteroatoms. The van der Waals surface area contributed by atoms with Crippen molar-refractivity contribution < 1.29 is 18.3 Å². The van der Waals surface area contributed by atoms with Crippen LogP contribution in [-0.4, -0.2) is 55.5 Å². The lowest BCUT2D eigenvalue weighted by atomic mass is 10.2. The van der Waals surface area contributed by atoms with Crippen LogP contribution in [0.3, 0.4) is 0 Å². The van der Waals surface area contributed by atoms with E-state index in [2.05, 4.69) is 0 Å². The summed E-state index contributed by atoms with van der Waals surface area (Å²) in [5.74, 6) is 0.00167. The van der Waals surface area contributed by atoms with Gasteiger partial charge < -0.3 is 9.84 Å². The van der Waals surface area contributed by atoms with Crippen LogP contribution in [-0.2, 0) is 14.8 Å². The van der Waals surface area contributed by atoms with Gasteiger partial charge in [0.2, 0.25) is 10.0 Å². The monoisotopic (exact) mass is 279 g/mol. The van der Waals surface area contributed by atoms with Crippen LogP contribution in [0, 0.1) is 0 Å². The predicted molar refractivity (Wildman–Crippen MR) is 70.9 cm³/mol. The van der Waals surface area contributed by atoms with Gasteiger partial charge in [-0.2, -0.15) is 4.31 Å². The fourth-order valence-electron chi connectivity index (χ4n) is 2.35. The fourth-order valence-corrected chi connectivity index (χ4v) is 3.91. The summed E-state index contributed by atoms with van der Waals surface area (Å²) in [7, 11) is -3.32. The third-order valence-corrected chi connectivity index (χ3v) is 5.08. The van der Waals surface area contributed by atoms with Gasteiger partial charge in [0.25, 0.3) is 0 Å². The van der Waals surface area contributed by atoms with Crippen LogP contribution in [0.25, 0.3) is 0 Å². The van der Waals surface area contributed by atoms with Crippen LogP contribution in [0.15, 0.2) is 0 Å². The Kier molecular flexibility index (Phi) is 6.55. The molecule has 0 aromatic rings. The van der Waals surface area contributed by atoms with Crippen LogP contribution in [0.5, 0.6) is 0 Å². The SMILES string of the molecule is CC(C)OCCS(=O)(=O)N(CCO)C1CCCC1. The maximum Gasteiger partial charge on any atom is 0.216 e. The van der Waals surface area contributed by atoms with Crippen molar-refractivity contribution in [1.82, 2.24) is 4.31 Å². The molecule has 1 saturated carbocycles. The van der Waals surface area contributed by atoms with Crippen LogP contribution >= 0.6 is 0 Å². The molecular formula is C12H25NO4S. The van der Waals surface area contributed by atoms with Gasteiger partial charge in [-0.3, -0.25) is 0 Å². The van der Waals surface area contributed by atoms with Gasteiger partial charge in [0.15, 0.2) is 0 Å². The van der Waals surface area contributed by atoms with Crippen molar-refractivity contribution in [2.24, 2.45) is 0 Å². The molecule has 1 N–H and O–H groups in total. The number of hydrogen-bond acceptors (Lipinski definition) is 4. The smallest absolute Gasteiger partial charge is 0.216 e. The quantitative estimate of drug-likeness (QED) is 0.719. The Labute approximate surface area is 110 Å². The Hall–Kier alpha value is -0.170. The fraction of sp³-hybridized carbons (Fsp3) is 1.00. The van der Waals surface area contributed by atoms with E-state index < -0.39 is 10.0 Å². The van der Waals surface area contributed by atoms with E-state index in [9.17, 15) is 8.42 Å².